The monoisotopic (exact) mass is 296 g/mol. The fourth-order valence-corrected chi connectivity index (χ4v) is 2.19. The third kappa shape index (κ3) is 2.88. The molecule has 1 aromatic heterocycles. The minimum absolute atomic E-state index is 0.327. The van der Waals surface area contributed by atoms with E-state index in [0.29, 0.717) is 29.7 Å². The number of hydrogen-bond donors (Lipinski definition) is 1. The Morgan fingerprint density at radius 2 is 1.91 bits per heavy atom. The molecule has 0 unspecified atom stereocenters. The number of ether oxygens (including phenoxy) is 2. The van der Waals surface area contributed by atoms with Crippen molar-refractivity contribution >= 4 is 5.82 Å². The first-order chi connectivity index (χ1) is 10.8. The normalized spacial score (nSPS) is 10.4. The number of aromatic nitrogens is 1. The molecule has 0 saturated carbocycles. The van der Waals surface area contributed by atoms with E-state index < -0.39 is 0 Å². The summed E-state index contributed by atoms with van der Waals surface area (Å²) in [6, 6.07) is 17.2. The Morgan fingerprint density at radius 1 is 1.09 bits per heavy atom. The lowest BCUT2D eigenvalue weighted by Gasteiger charge is -2.13. The highest BCUT2D eigenvalue weighted by molar-refractivity contribution is 5.71. The molecule has 0 aliphatic heterocycles. The van der Waals surface area contributed by atoms with Gasteiger partial charge in [-0.2, -0.15) is 0 Å². The van der Waals surface area contributed by atoms with E-state index in [1.165, 1.54) is 0 Å². The topological polar surface area (TPSA) is 70.5 Å². The highest BCUT2D eigenvalue weighted by Crippen LogP contribution is 2.38. The lowest BCUT2D eigenvalue weighted by molar-refractivity contribution is 0.284. The van der Waals surface area contributed by atoms with Gasteiger partial charge in [0.1, 0.15) is 6.61 Å². The third-order valence-electron chi connectivity index (χ3n) is 3.21. The van der Waals surface area contributed by atoms with Crippen molar-refractivity contribution in [3.05, 3.63) is 60.2 Å². The molecule has 3 rings (SSSR count). The lowest BCUT2D eigenvalue weighted by Crippen LogP contribution is -1.98. The van der Waals surface area contributed by atoms with E-state index >= 15 is 0 Å². The number of anilines is 1. The van der Waals surface area contributed by atoms with Crippen LogP contribution >= 0.6 is 0 Å². The molecule has 5 nitrogen and oxygen atoms in total. The van der Waals surface area contributed by atoms with Crippen LogP contribution in [0.2, 0.25) is 0 Å². The van der Waals surface area contributed by atoms with Gasteiger partial charge in [-0.3, -0.25) is 0 Å². The molecule has 0 fully saturated rings. The van der Waals surface area contributed by atoms with Crippen LogP contribution in [0.15, 0.2) is 59.1 Å². The minimum Gasteiger partial charge on any atom is -0.492 e. The maximum atomic E-state index is 5.86. The van der Waals surface area contributed by atoms with Crippen molar-refractivity contribution < 1.29 is 14.0 Å². The van der Waals surface area contributed by atoms with E-state index in [0.717, 1.165) is 11.1 Å². The van der Waals surface area contributed by atoms with Crippen molar-refractivity contribution in [1.29, 1.82) is 0 Å². The van der Waals surface area contributed by atoms with Crippen LogP contribution < -0.4 is 15.2 Å². The number of nitrogens with two attached hydrogens (primary N) is 1. The van der Waals surface area contributed by atoms with E-state index in [4.69, 9.17) is 19.7 Å². The molecule has 0 atom stereocenters. The average Bonchev–Trinajstić information content (AvgIpc) is 2.99. The van der Waals surface area contributed by atoms with Gasteiger partial charge < -0.3 is 19.7 Å². The summed E-state index contributed by atoms with van der Waals surface area (Å²) in [7, 11) is 1.59. The summed E-state index contributed by atoms with van der Waals surface area (Å²) in [5.74, 6) is 2.10. The first kappa shape index (κ1) is 14.0. The molecule has 1 heterocycles. The average molecular weight is 296 g/mol. The smallest absolute Gasteiger partial charge is 0.172 e. The first-order valence-corrected chi connectivity index (χ1v) is 6.84. The highest BCUT2D eigenvalue weighted by atomic mass is 16.5. The molecule has 0 aliphatic rings. The van der Waals surface area contributed by atoms with Crippen LogP contribution in [0.25, 0.3) is 11.3 Å². The SMILES string of the molecule is COc1c(OCc2ccccc2)cccc1-c1cc(N)no1. The van der Waals surface area contributed by atoms with Gasteiger partial charge in [-0.1, -0.05) is 41.6 Å². The zero-order valence-corrected chi connectivity index (χ0v) is 12.2. The predicted octanol–water partition coefficient (Wildman–Crippen LogP) is 3.51. The van der Waals surface area contributed by atoms with Crippen LogP contribution in [-0.4, -0.2) is 12.3 Å². The molecule has 0 bridgehead atoms. The molecule has 0 spiro atoms. The van der Waals surface area contributed by atoms with Crippen LogP contribution in [0.3, 0.4) is 0 Å². The highest BCUT2D eigenvalue weighted by Gasteiger charge is 2.15. The van der Waals surface area contributed by atoms with Crippen molar-refractivity contribution in [3.63, 3.8) is 0 Å². The van der Waals surface area contributed by atoms with Crippen LogP contribution in [0.1, 0.15) is 5.56 Å². The Hall–Kier alpha value is -2.95. The molecule has 2 N–H and O–H groups in total. The maximum absolute atomic E-state index is 5.86. The van der Waals surface area contributed by atoms with Gasteiger partial charge in [-0.25, -0.2) is 0 Å². The van der Waals surface area contributed by atoms with Crippen molar-refractivity contribution in [1.82, 2.24) is 5.16 Å². The van der Waals surface area contributed by atoms with Gasteiger partial charge in [-0.15, -0.1) is 0 Å². The van der Waals surface area contributed by atoms with E-state index in [-0.39, 0.29) is 0 Å². The van der Waals surface area contributed by atoms with E-state index in [1.54, 1.807) is 13.2 Å². The number of hydrogen-bond acceptors (Lipinski definition) is 5. The van der Waals surface area contributed by atoms with E-state index in [2.05, 4.69) is 5.16 Å². The Labute approximate surface area is 128 Å². The Balaban J connectivity index is 1.88. The fourth-order valence-electron chi connectivity index (χ4n) is 2.19. The molecule has 0 aliphatic carbocycles. The second kappa shape index (κ2) is 6.22. The van der Waals surface area contributed by atoms with Gasteiger partial charge in [0.15, 0.2) is 23.1 Å². The Morgan fingerprint density at radius 3 is 2.59 bits per heavy atom. The molecular formula is C17H16N2O3. The molecule has 0 radical (unpaired) electrons. The van der Waals surface area contributed by atoms with Crippen LogP contribution in [-0.2, 0) is 6.61 Å². The summed E-state index contributed by atoms with van der Waals surface area (Å²) < 4.78 is 16.5. The molecule has 0 saturated heterocycles. The molecule has 112 valence electrons. The van der Waals surface area contributed by atoms with Crippen molar-refractivity contribution in [2.75, 3.05) is 12.8 Å². The van der Waals surface area contributed by atoms with Gasteiger partial charge in [-0.05, 0) is 17.7 Å². The quantitative estimate of drug-likeness (QED) is 0.780. The Bertz CT molecular complexity index is 754. The van der Waals surface area contributed by atoms with Gasteiger partial charge >= 0.3 is 0 Å². The number of benzene rings is 2. The predicted molar refractivity (Wildman–Crippen MR) is 83.7 cm³/mol. The number of rotatable bonds is 5. The minimum atomic E-state index is 0.327. The summed E-state index contributed by atoms with van der Waals surface area (Å²) in [6.07, 6.45) is 0. The summed E-state index contributed by atoms with van der Waals surface area (Å²) in [5, 5.41) is 3.70. The second-order valence-corrected chi connectivity index (χ2v) is 4.73. The second-order valence-electron chi connectivity index (χ2n) is 4.73. The third-order valence-corrected chi connectivity index (χ3v) is 3.21. The summed E-state index contributed by atoms with van der Waals surface area (Å²) in [4.78, 5) is 0. The number of para-hydroxylation sites is 1. The van der Waals surface area contributed by atoms with Gasteiger partial charge in [0, 0.05) is 6.07 Å². The Kier molecular flexibility index (Phi) is 3.96. The summed E-state index contributed by atoms with van der Waals surface area (Å²) in [6.45, 7) is 0.458. The number of methoxy groups -OCH3 is 1. The molecule has 2 aromatic carbocycles. The van der Waals surface area contributed by atoms with E-state index in [1.807, 2.05) is 48.5 Å². The number of nitrogen functional groups attached to an aromatic ring is 1. The molecule has 0 amide bonds. The van der Waals surface area contributed by atoms with Gasteiger partial charge in [0.2, 0.25) is 0 Å². The molecular weight excluding hydrogens is 280 g/mol. The zero-order chi connectivity index (χ0) is 15.4. The molecule has 3 aromatic rings. The maximum Gasteiger partial charge on any atom is 0.172 e. The van der Waals surface area contributed by atoms with Crippen molar-refractivity contribution in [2.45, 2.75) is 6.61 Å². The van der Waals surface area contributed by atoms with Gasteiger partial charge in [0.05, 0.1) is 12.7 Å². The largest absolute Gasteiger partial charge is 0.492 e. The first-order valence-electron chi connectivity index (χ1n) is 6.84. The van der Waals surface area contributed by atoms with Crippen LogP contribution in [0, 0.1) is 0 Å². The van der Waals surface area contributed by atoms with E-state index in [9.17, 15) is 0 Å². The molecule has 22 heavy (non-hydrogen) atoms. The van der Waals surface area contributed by atoms with Crippen molar-refractivity contribution in [2.24, 2.45) is 0 Å². The summed E-state index contributed by atoms with van der Waals surface area (Å²) >= 11 is 0. The van der Waals surface area contributed by atoms with Crippen LogP contribution in [0.5, 0.6) is 11.5 Å². The summed E-state index contributed by atoms with van der Waals surface area (Å²) in [5.41, 5.74) is 7.43. The standard InChI is InChI=1S/C17H16N2O3/c1-20-17-13(15-10-16(18)19-22-15)8-5-9-14(17)21-11-12-6-3-2-4-7-12/h2-10H,11H2,1H3,(H2,18,19). The fraction of sp³-hybridized carbons (Fsp3) is 0.118. The zero-order valence-electron chi connectivity index (χ0n) is 12.2. The van der Waals surface area contributed by atoms with Crippen molar-refractivity contribution in [3.8, 4) is 22.8 Å². The molecule has 5 heteroatoms. The van der Waals surface area contributed by atoms with Gasteiger partial charge in [0.25, 0.3) is 0 Å². The lowest BCUT2D eigenvalue weighted by atomic mass is 10.1. The van der Waals surface area contributed by atoms with Crippen LogP contribution in [0.4, 0.5) is 5.82 Å². The number of nitrogens with zero attached hydrogens (tertiary/aromatic N) is 1.